The Balaban J connectivity index is 1.38. The molecule has 0 bridgehead atoms. The van der Waals surface area contributed by atoms with Crippen LogP contribution in [0.15, 0.2) is 65.1 Å². The zero-order chi connectivity index (χ0) is 20.4. The molecule has 1 aliphatic heterocycles. The molecule has 1 unspecified atom stereocenters. The van der Waals surface area contributed by atoms with Gasteiger partial charge in [0, 0.05) is 28.5 Å². The molecule has 1 saturated heterocycles. The predicted molar refractivity (Wildman–Crippen MR) is 112 cm³/mol. The minimum absolute atomic E-state index is 0.0858. The summed E-state index contributed by atoms with van der Waals surface area (Å²) >= 11 is 3.38. The number of hydrazine groups is 1. The number of rotatable bonds is 3. The number of pyridine rings is 1. The summed E-state index contributed by atoms with van der Waals surface area (Å²) in [6.07, 6.45) is 0.0858. The van der Waals surface area contributed by atoms with E-state index in [0.29, 0.717) is 5.52 Å². The smallest absolute Gasteiger partial charge is 0.288 e. The standard InChI is InChI=1S/C21H17BrN4O3/c22-15-5-3-6-16(11-15)26-12-14(10-19(26)27)20(28)24-25-21(29)18-9-8-13-4-1-2-7-17(13)23-18/h1-9,11,14H,10,12H2,(H,24,28)(H,25,29). The summed E-state index contributed by atoms with van der Waals surface area (Å²) < 4.78 is 0.853. The Morgan fingerprint density at radius 2 is 1.86 bits per heavy atom. The van der Waals surface area contributed by atoms with Gasteiger partial charge in [-0.3, -0.25) is 25.2 Å². The van der Waals surface area contributed by atoms with Crippen LogP contribution in [0.1, 0.15) is 16.9 Å². The Morgan fingerprint density at radius 3 is 2.69 bits per heavy atom. The highest BCUT2D eigenvalue weighted by Crippen LogP contribution is 2.27. The van der Waals surface area contributed by atoms with E-state index in [-0.39, 0.29) is 24.6 Å². The number of hydrogen-bond acceptors (Lipinski definition) is 4. The molecule has 4 rings (SSSR count). The quantitative estimate of drug-likeness (QED) is 0.597. The van der Waals surface area contributed by atoms with E-state index in [4.69, 9.17) is 0 Å². The fraction of sp³-hybridized carbons (Fsp3) is 0.143. The third kappa shape index (κ3) is 4.12. The molecule has 2 aromatic carbocycles. The number of para-hydroxylation sites is 1. The lowest BCUT2D eigenvalue weighted by Gasteiger charge is -2.17. The van der Waals surface area contributed by atoms with Crippen LogP contribution < -0.4 is 15.8 Å². The summed E-state index contributed by atoms with van der Waals surface area (Å²) in [4.78, 5) is 43.0. The molecule has 2 N–H and O–H groups in total. The molecule has 3 aromatic rings. The van der Waals surface area contributed by atoms with E-state index in [9.17, 15) is 14.4 Å². The van der Waals surface area contributed by atoms with E-state index in [1.165, 1.54) is 0 Å². The molecule has 1 aromatic heterocycles. The topological polar surface area (TPSA) is 91.4 Å². The van der Waals surface area contributed by atoms with Crippen LogP contribution in [0.4, 0.5) is 5.69 Å². The Morgan fingerprint density at radius 1 is 1.03 bits per heavy atom. The van der Waals surface area contributed by atoms with Crippen molar-refractivity contribution in [1.82, 2.24) is 15.8 Å². The third-order valence-electron chi connectivity index (χ3n) is 4.75. The lowest BCUT2D eigenvalue weighted by Crippen LogP contribution is -2.45. The minimum Gasteiger partial charge on any atom is -0.312 e. The van der Waals surface area contributed by atoms with Gasteiger partial charge in [-0.2, -0.15) is 0 Å². The average Bonchev–Trinajstić information content (AvgIpc) is 3.13. The van der Waals surface area contributed by atoms with Crippen molar-refractivity contribution in [3.8, 4) is 0 Å². The van der Waals surface area contributed by atoms with Gasteiger partial charge in [-0.25, -0.2) is 4.98 Å². The molecular formula is C21H17BrN4O3. The predicted octanol–water partition coefficient (Wildman–Crippen LogP) is 2.81. The fourth-order valence-electron chi connectivity index (χ4n) is 3.25. The van der Waals surface area contributed by atoms with Gasteiger partial charge < -0.3 is 4.90 Å². The van der Waals surface area contributed by atoms with Crippen molar-refractivity contribution in [2.24, 2.45) is 5.92 Å². The van der Waals surface area contributed by atoms with Crippen molar-refractivity contribution in [2.75, 3.05) is 11.4 Å². The number of carbonyl (C=O) groups excluding carboxylic acids is 3. The fourth-order valence-corrected chi connectivity index (χ4v) is 3.64. The van der Waals surface area contributed by atoms with Crippen molar-refractivity contribution in [1.29, 1.82) is 0 Å². The van der Waals surface area contributed by atoms with Crippen LogP contribution in [-0.4, -0.2) is 29.3 Å². The zero-order valence-electron chi connectivity index (χ0n) is 15.3. The van der Waals surface area contributed by atoms with Crippen LogP contribution in [0, 0.1) is 5.92 Å². The second-order valence-electron chi connectivity index (χ2n) is 6.72. The van der Waals surface area contributed by atoms with Crippen LogP contribution in [0.3, 0.4) is 0 Å². The molecule has 29 heavy (non-hydrogen) atoms. The van der Waals surface area contributed by atoms with Gasteiger partial charge in [0.2, 0.25) is 11.8 Å². The summed E-state index contributed by atoms with van der Waals surface area (Å²) in [6.45, 7) is 0.255. The van der Waals surface area contributed by atoms with Crippen molar-refractivity contribution < 1.29 is 14.4 Å². The van der Waals surface area contributed by atoms with Gasteiger partial charge >= 0.3 is 0 Å². The molecule has 0 radical (unpaired) electrons. The highest BCUT2D eigenvalue weighted by atomic mass is 79.9. The molecule has 0 saturated carbocycles. The number of carbonyl (C=O) groups is 3. The van der Waals surface area contributed by atoms with Crippen molar-refractivity contribution in [3.63, 3.8) is 0 Å². The molecule has 7 nitrogen and oxygen atoms in total. The summed E-state index contributed by atoms with van der Waals surface area (Å²) in [5, 5.41) is 0.921. The van der Waals surface area contributed by atoms with E-state index < -0.39 is 17.7 Å². The normalized spacial score (nSPS) is 16.1. The number of nitrogens with zero attached hydrogens (tertiary/aromatic N) is 2. The molecule has 1 aliphatic rings. The van der Waals surface area contributed by atoms with E-state index in [1.807, 2.05) is 48.5 Å². The number of aromatic nitrogens is 1. The van der Waals surface area contributed by atoms with Gasteiger partial charge in [-0.05, 0) is 30.3 Å². The van der Waals surface area contributed by atoms with E-state index in [1.54, 1.807) is 17.0 Å². The Kier molecular flexibility index (Phi) is 5.26. The Bertz CT molecular complexity index is 1120. The van der Waals surface area contributed by atoms with Crippen LogP contribution >= 0.6 is 15.9 Å². The SMILES string of the molecule is O=C(NNC(=O)C1CC(=O)N(c2cccc(Br)c2)C1)c1ccc2ccccc2n1. The van der Waals surface area contributed by atoms with Crippen LogP contribution in [0.5, 0.6) is 0 Å². The van der Waals surface area contributed by atoms with Gasteiger partial charge in [-0.1, -0.05) is 46.3 Å². The molecule has 0 spiro atoms. The highest BCUT2D eigenvalue weighted by Gasteiger charge is 2.35. The summed E-state index contributed by atoms with van der Waals surface area (Å²) in [5.41, 5.74) is 6.40. The first-order chi connectivity index (χ1) is 14.0. The average molecular weight is 453 g/mol. The number of benzene rings is 2. The van der Waals surface area contributed by atoms with Gasteiger partial charge in [0.15, 0.2) is 0 Å². The minimum atomic E-state index is -0.550. The van der Waals surface area contributed by atoms with E-state index in [0.717, 1.165) is 15.5 Å². The third-order valence-corrected chi connectivity index (χ3v) is 5.24. The number of amides is 3. The first kappa shape index (κ1) is 19.1. The lowest BCUT2D eigenvalue weighted by atomic mass is 10.1. The second-order valence-corrected chi connectivity index (χ2v) is 7.63. The van der Waals surface area contributed by atoms with Crippen molar-refractivity contribution >= 4 is 50.2 Å². The van der Waals surface area contributed by atoms with Gasteiger partial charge in [0.05, 0.1) is 11.4 Å². The van der Waals surface area contributed by atoms with Gasteiger partial charge in [0.1, 0.15) is 5.69 Å². The Labute approximate surface area is 175 Å². The molecule has 8 heteroatoms. The molecule has 1 atom stereocenters. The summed E-state index contributed by atoms with van der Waals surface area (Å²) in [5.74, 6) is -1.61. The summed E-state index contributed by atoms with van der Waals surface area (Å²) in [7, 11) is 0. The number of nitrogens with one attached hydrogen (secondary N) is 2. The molecule has 0 aliphatic carbocycles. The number of halogens is 1. The number of hydrogen-bond donors (Lipinski definition) is 2. The Hall–Kier alpha value is -3.26. The summed E-state index contributed by atoms with van der Waals surface area (Å²) in [6, 6.07) is 18.2. The highest BCUT2D eigenvalue weighted by molar-refractivity contribution is 9.10. The van der Waals surface area contributed by atoms with Crippen molar-refractivity contribution in [2.45, 2.75) is 6.42 Å². The maximum absolute atomic E-state index is 12.4. The molecule has 2 heterocycles. The first-order valence-electron chi connectivity index (χ1n) is 9.03. The maximum Gasteiger partial charge on any atom is 0.288 e. The molecular weight excluding hydrogens is 436 g/mol. The van der Waals surface area contributed by atoms with E-state index >= 15 is 0 Å². The van der Waals surface area contributed by atoms with Crippen LogP contribution in [0.25, 0.3) is 10.9 Å². The molecule has 146 valence electrons. The van der Waals surface area contributed by atoms with Crippen LogP contribution in [0.2, 0.25) is 0 Å². The zero-order valence-corrected chi connectivity index (χ0v) is 16.8. The number of anilines is 1. The number of fused-ring (bicyclic) bond motifs is 1. The lowest BCUT2D eigenvalue weighted by molar-refractivity contribution is -0.126. The first-order valence-corrected chi connectivity index (χ1v) is 9.82. The van der Waals surface area contributed by atoms with Gasteiger partial charge in [-0.15, -0.1) is 0 Å². The van der Waals surface area contributed by atoms with Crippen molar-refractivity contribution in [3.05, 3.63) is 70.8 Å². The largest absolute Gasteiger partial charge is 0.312 e. The van der Waals surface area contributed by atoms with Crippen LogP contribution in [-0.2, 0) is 9.59 Å². The molecule has 1 fully saturated rings. The molecule has 3 amide bonds. The van der Waals surface area contributed by atoms with E-state index in [2.05, 4.69) is 31.8 Å². The monoisotopic (exact) mass is 452 g/mol. The maximum atomic E-state index is 12.4. The van der Waals surface area contributed by atoms with Gasteiger partial charge in [0.25, 0.3) is 5.91 Å². The second kappa shape index (κ2) is 8.00.